The molecule has 44 heavy (non-hydrogen) atoms. The van der Waals surface area contributed by atoms with E-state index in [4.69, 9.17) is 9.72 Å². The van der Waals surface area contributed by atoms with E-state index in [0.717, 1.165) is 61.9 Å². The molecule has 0 aliphatic carbocycles. The normalized spacial score (nSPS) is 12.7. The van der Waals surface area contributed by atoms with E-state index in [-0.39, 0.29) is 5.82 Å². The highest BCUT2D eigenvalue weighted by molar-refractivity contribution is 6.09. The Hall–Kier alpha value is -5.62. The highest BCUT2D eigenvalue weighted by atomic mass is 19.1. The van der Waals surface area contributed by atoms with Gasteiger partial charge in [-0.1, -0.05) is 42.5 Å². The van der Waals surface area contributed by atoms with E-state index in [2.05, 4.69) is 84.0 Å². The van der Waals surface area contributed by atoms with Crippen LogP contribution in [0.25, 0.3) is 27.6 Å². The van der Waals surface area contributed by atoms with Crippen molar-refractivity contribution in [3.05, 3.63) is 144 Å². The summed E-state index contributed by atoms with van der Waals surface area (Å²) in [6.45, 7) is 4.63. The highest BCUT2D eigenvalue weighted by Gasteiger charge is 2.29. The molecule has 0 saturated heterocycles. The van der Waals surface area contributed by atoms with Gasteiger partial charge in [-0.05, 0) is 91.7 Å². The predicted molar refractivity (Wildman–Crippen MR) is 177 cm³/mol. The van der Waals surface area contributed by atoms with Crippen LogP contribution in [0, 0.1) is 19.7 Å². The largest absolute Gasteiger partial charge is 0.457 e. The summed E-state index contributed by atoms with van der Waals surface area (Å²) in [5.41, 5.74) is 7.86. The fraction of sp³-hybridized carbons (Fsp3) is 0.0789. The van der Waals surface area contributed by atoms with Crippen LogP contribution in [0.1, 0.15) is 11.1 Å². The number of anilines is 4. The molecule has 7 aromatic rings. The van der Waals surface area contributed by atoms with Gasteiger partial charge < -0.3 is 14.5 Å². The SMILES string of the molecule is Cc1cc(Oc2ccc3c4ccccc4n(-c4cc(C)ccn4)c3c2)cc(N2CN(c3ccccc3F)c3ccccc32)c1. The smallest absolute Gasteiger partial charge is 0.146 e. The first kappa shape index (κ1) is 26.0. The van der Waals surface area contributed by atoms with Crippen molar-refractivity contribution in [2.75, 3.05) is 16.5 Å². The van der Waals surface area contributed by atoms with Gasteiger partial charge in [-0.15, -0.1) is 0 Å². The zero-order valence-corrected chi connectivity index (χ0v) is 24.4. The molecule has 214 valence electrons. The summed E-state index contributed by atoms with van der Waals surface area (Å²) in [6, 6.07) is 40.0. The van der Waals surface area contributed by atoms with Crippen LogP contribution in [0.2, 0.25) is 0 Å². The van der Waals surface area contributed by atoms with Crippen LogP contribution < -0.4 is 14.5 Å². The fourth-order valence-corrected chi connectivity index (χ4v) is 6.29. The summed E-state index contributed by atoms with van der Waals surface area (Å²) in [5.74, 6) is 2.10. The zero-order valence-electron chi connectivity index (χ0n) is 24.4. The molecule has 8 rings (SSSR count). The molecule has 0 bridgehead atoms. The van der Waals surface area contributed by atoms with Gasteiger partial charge in [0.05, 0.1) is 28.1 Å². The molecule has 0 spiro atoms. The van der Waals surface area contributed by atoms with Crippen molar-refractivity contribution < 1.29 is 9.13 Å². The van der Waals surface area contributed by atoms with Gasteiger partial charge in [-0.25, -0.2) is 9.37 Å². The third-order valence-electron chi connectivity index (χ3n) is 8.25. The second kappa shape index (κ2) is 10.3. The van der Waals surface area contributed by atoms with Crippen LogP contribution in [0.3, 0.4) is 0 Å². The van der Waals surface area contributed by atoms with Crippen LogP contribution in [-0.2, 0) is 0 Å². The molecule has 0 saturated carbocycles. The molecule has 0 fully saturated rings. The number of hydrogen-bond donors (Lipinski definition) is 0. The third-order valence-corrected chi connectivity index (χ3v) is 8.25. The lowest BCUT2D eigenvalue weighted by Crippen LogP contribution is -2.24. The quantitative estimate of drug-likeness (QED) is 0.204. The second-order valence-corrected chi connectivity index (χ2v) is 11.3. The Morgan fingerprint density at radius 2 is 1.34 bits per heavy atom. The Labute approximate surface area is 255 Å². The molecular formula is C38H29FN4O. The van der Waals surface area contributed by atoms with Gasteiger partial charge >= 0.3 is 0 Å². The minimum atomic E-state index is -0.244. The Balaban J connectivity index is 1.19. The molecule has 0 atom stereocenters. The summed E-state index contributed by atoms with van der Waals surface area (Å²) in [5, 5.41) is 2.31. The first-order chi connectivity index (χ1) is 21.5. The van der Waals surface area contributed by atoms with Crippen molar-refractivity contribution in [3.63, 3.8) is 0 Å². The monoisotopic (exact) mass is 576 g/mol. The van der Waals surface area contributed by atoms with Gasteiger partial charge in [-0.2, -0.15) is 0 Å². The van der Waals surface area contributed by atoms with Gasteiger partial charge in [0.25, 0.3) is 0 Å². The highest BCUT2D eigenvalue weighted by Crippen LogP contribution is 2.45. The summed E-state index contributed by atoms with van der Waals surface area (Å²) in [6.07, 6.45) is 1.85. The van der Waals surface area contributed by atoms with Crippen molar-refractivity contribution in [1.29, 1.82) is 0 Å². The van der Waals surface area contributed by atoms with Crippen LogP contribution in [0.5, 0.6) is 11.5 Å². The van der Waals surface area contributed by atoms with Crippen LogP contribution in [0.15, 0.2) is 128 Å². The van der Waals surface area contributed by atoms with Gasteiger partial charge in [0.15, 0.2) is 0 Å². The Bertz CT molecular complexity index is 2200. The number of para-hydroxylation sites is 4. The number of ether oxygens (including phenoxy) is 1. The van der Waals surface area contributed by atoms with Gasteiger partial charge in [-0.3, -0.25) is 4.57 Å². The average molecular weight is 577 g/mol. The maximum atomic E-state index is 14.9. The lowest BCUT2D eigenvalue weighted by atomic mass is 10.1. The van der Waals surface area contributed by atoms with E-state index in [9.17, 15) is 4.39 Å². The Morgan fingerprint density at radius 3 is 2.16 bits per heavy atom. The summed E-state index contributed by atoms with van der Waals surface area (Å²) >= 11 is 0. The fourth-order valence-electron chi connectivity index (χ4n) is 6.29. The maximum Gasteiger partial charge on any atom is 0.146 e. The molecule has 1 aliphatic rings. The molecule has 5 aromatic carbocycles. The average Bonchev–Trinajstić information content (AvgIpc) is 3.57. The zero-order chi connectivity index (χ0) is 29.8. The molecule has 2 aromatic heterocycles. The van der Waals surface area contributed by atoms with Gasteiger partial charge in [0.1, 0.15) is 29.8 Å². The van der Waals surface area contributed by atoms with Crippen molar-refractivity contribution in [2.24, 2.45) is 0 Å². The predicted octanol–water partition coefficient (Wildman–Crippen LogP) is 9.97. The lowest BCUT2D eigenvalue weighted by Gasteiger charge is -2.23. The first-order valence-electron chi connectivity index (χ1n) is 14.7. The van der Waals surface area contributed by atoms with Crippen LogP contribution in [0.4, 0.5) is 27.1 Å². The molecule has 0 amide bonds. The summed E-state index contributed by atoms with van der Waals surface area (Å²) in [4.78, 5) is 8.92. The van der Waals surface area contributed by atoms with E-state index >= 15 is 0 Å². The van der Waals surface area contributed by atoms with Crippen LogP contribution >= 0.6 is 0 Å². The summed E-state index contributed by atoms with van der Waals surface area (Å²) < 4.78 is 23.6. The van der Waals surface area contributed by atoms with E-state index in [1.165, 1.54) is 11.5 Å². The van der Waals surface area contributed by atoms with E-state index < -0.39 is 0 Å². The Morgan fingerprint density at radius 1 is 0.614 bits per heavy atom. The van der Waals surface area contributed by atoms with Crippen molar-refractivity contribution in [1.82, 2.24) is 9.55 Å². The molecule has 3 heterocycles. The molecule has 6 heteroatoms. The van der Waals surface area contributed by atoms with Gasteiger partial charge in [0.2, 0.25) is 0 Å². The van der Waals surface area contributed by atoms with Crippen LogP contribution in [-0.4, -0.2) is 16.2 Å². The minimum absolute atomic E-state index is 0.244. The number of aryl methyl sites for hydroxylation is 2. The molecule has 1 aliphatic heterocycles. The first-order valence-corrected chi connectivity index (χ1v) is 14.7. The molecule has 5 nitrogen and oxygen atoms in total. The number of aromatic nitrogens is 2. The van der Waals surface area contributed by atoms with E-state index in [1.54, 1.807) is 6.07 Å². The third kappa shape index (κ3) is 4.34. The number of benzene rings is 5. The molecule has 0 unspecified atom stereocenters. The van der Waals surface area contributed by atoms with E-state index in [0.29, 0.717) is 12.4 Å². The van der Waals surface area contributed by atoms with E-state index in [1.807, 2.05) is 59.6 Å². The van der Waals surface area contributed by atoms with Gasteiger partial charge in [0, 0.05) is 34.8 Å². The minimum Gasteiger partial charge on any atom is -0.457 e. The Kier molecular flexibility index (Phi) is 6.08. The topological polar surface area (TPSA) is 33.5 Å². The van der Waals surface area contributed by atoms with Crippen molar-refractivity contribution in [3.8, 4) is 17.3 Å². The number of fused-ring (bicyclic) bond motifs is 4. The standard InChI is InChI=1S/C38H29FN4O/c1-25-17-18-40-38(21-25)43-33-11-5-3-9-30(33)31-16-15-28(23-37(31)43)44-29-20-26(2)19-27(22-29)41-24-42(34-12-6-4-10-32(34)39)36-14-8-7-13-35(36)41/h3-23H,24H2,1-2H3. The summed E-state index contributed by atoms with van der Waals surface area (Å²) in [7, 11) is 0. The lowest BCUT2D eigenvalue weighted by molar-refractivity contribution is 0.483. The number of nitrogens with zero attached hydrogens (tertiary/aromatic N) is 4. The molecule has 0 radical (unpaired) electrons. The molecule has 0 N–H and O–H groups in total. The maximum absolute atomic E-state index is 14.9. The second-order valence-electron chi connectivity index (χ2n) is 11.3. The number of halogens is 1. The molecular weight excluding hydrogens is 547 g/mol. The van der Waals surface area contributed by atoms with Crippen molar-refractivity contribution >= 4 is 44.6 Å². The number of hydrogen-bond acceptors (Lipinski definition) is 4. The number of pyridine rings is 1. The van der Waals surface area contributed by atoms with Crippen molar-refractivity contribution in [2.45, 2.75) is 13.8 Å². The number of rotatable bonds is 5.